The number of aliphatic hydroxyl groups is 1. The van der Waals surface area contributed by atoms with Crippen LogP contribution < -0.4 is 0 Å². The number of hydrogen-bond donors (Lipinski definition) is 1. The molecule has 0 unspecified atom stereocenters. The van der Waals surface area contributed by atoms with Crippen molar-refractivity contribution in [1.82, 2.24) is 0 Å². The van der Waals surface area contributed by atoms with Crippen molar-refractivity contribution in [2.45, 2.75) is 102 Å². The minimum Gasteiger partial charge on any atom is -0.453 e. The van der Waals surface area contributed by atoms with Crippen LogP contribution in [-0.2, 0) is 13.9 Å². The number of aliphatic hydroxyl groups excluding tert-OH is 1. The summed E-state index contributed by atoms with van der Waals surface area (Å²) in [6.07, 6.45) is -2.72. The molecule has 0 spiro atoms. The minimum atomic E-state index is -2.28. The molecule has 0 bridgehead atoms. The monoisotopic (exact) mass is 468 g/mol. The molecular formula is C24H40O5SSi. The lowest BCUT2D eigenvalue weighted by Crippen LogP contribution is -2.62. The van der Waals surface area contributed by atoms with Crippen LogP contribution in [0.2, 0.25) is 16.6 Å². The van der Waals surface area contributed by atoms with Crippen LogP contribution in [0.5, 0.6) is 0 Å². The van der Waals surface area contributed by atoms with E-state index in [9.17, 15) is 9.90 Å². The van der Waals surface area contributed by atoms with Gasteiger partial charge in [0.1, 0.15) is 17.6 Å². The average molecular weight is 469 g/mol. The van der Waals surface area contributed by atoms with Gasteiger partial charge in [0.05, 0.1) is 11.7 Å². The molecule has 1 heterocycles. The maximum Gasteiger partial charge on any atom is 0.338 e. The third-order valence-electron chi connectivity index (χ3n) is 6.38. The van der Waals surface area contributed by atoms with E-state index in [4.69, 9.17) is 13.9 Å². The summed E-state index contributed by atoms with van der Waals surface area (Å²) >= 11 is 1.64. The Bertz CT molecular complexity index is 675. The Hall–Kier alpha value is -0.863. The fourth-order valence-electron chi connectivity index (χ4n) is 4.99. The third-order valence-corrected chi connectivity index (χ3v) is 13.5. The van der Waals surface area contributed by atoms with Crippen molar-refractivity contribution >= 4 is 26.0 Å². The van der Waals surface area contributed by atoms with E-state index in [-0.39, 0.29) is 5.44 Å². The van der Waals surface area contributed by atoms with Crippen molar-refractivity contribution in [3.8, 4) is 0 Å². The lowest BCUT2D eigenvalue weighted by Gasteiger charge is -2.50. The fraction of sp³-hybridized carbons (Fsp3) is 0.708. The highest BCUT2D eigenvalue weighted by Gasteiger charge is 2.53. The van der Waals surface area contributed by atoms with Crippen molar-refractivity contribution in [2.75, 3.05) is 5.75 Å². The third kappa shape index (κ3) is 5.74. The molecule has 0 aromatic heterocycles. The van der Waals surface area contributed by atoms with E-state index in [0.717, 1.165) is 5.75 Å². The van der Waals surface area contributed by atoms with Gasteiger partial charge in [0.25, 0.3) is 0 Å². The number of thioether (sulfide) groups is 1. The minimum absolute atomic E-state index is 0.301. The van der Waals surface area contributed by atoms with Crippen LogP contribution in [-0.4, -0.2) is 55.0 Å². The van der Waals surface area contributed by atoms with Gasteiger partial charge < -0.3 is 19.0 Å². The first-order valence-electron chi connectivity index (χ1n) is 11.4. The molecule has 0 aliphatic carbocycles. The smallest absolute Gasteiger partial charge is 0.338 e. The fourth-order valence-corrected chi connectivity index (χ4v) is 11.6. The molecule has 31 heavy (non-hydrogen) atoms. The zero-order valence-corrected chi connectivity index (χ0v) is 22.0. The zero-order chi connectivity index (χ0) is 23.3. The first-order chi connectivity index (χ1) is 14.6. The second-order valence-electron chi connectivity index (χ2n) is 9.29. The van der Waals surface area contributed by atoms with E-state index >= 15 is 0 Å². The SMILES string of the molecule is CCS[C@H]1O[C@@H](C)[C@@H](OC(=O)c2ccccc2)[C@@H](O)[C@@H]1O[Si](C(C)C)(C(C)C)C(C)C. The quantitative estimate of drug-likeness (QED) is 0.374. The predicted molar refractivity (Wildman–Crippen MR) is 130 cm³/mol. The van der Waals surface area contributed by atoms with Crippen molar-refractivity contribution < 1.29 is 23.8 Å². The van der Waals surface area contributed by atoms with Gasteiger partial charge in [0, 0.05) is 0 Å². The summed E-state index contributed by atoms with van der Waals surface area (Å²) in [4.78, 5) is 12.7. The van der Waals surface area contributed by atoms with Crippen molar-refractivity contribution in [3.05, 3.63) is 35.9 Å². The molecule has 1 aromatic rings. The Kier molecular flexibility index (Phi) is 9.64. The molecule has 1 aliphatic rings. The molecule has 0 amide bonds. The summed E-state index contributed by atoms with van der Waals surface area (Å²) in [5.41, 5.74) is 1.27. The lowest BCUT2D eigenvalue weighted by atomic mass is 10.0. The maximum atomic E-state index is 12.7. The zero-order valence-electron chi connectivity index (χ0n) is 20.2. The number of esters is 1. The highest BCUT2D eigenvalue weighted by Crippen LogP contribution is 2.45. The summed E-state index contributed by atoms with van der Waals surface area (Å²) in [6.45, 7) is 17.3. The van der Waals surface area contributed by atoms with E-state index in [1.54, 1.807) is 36.0 Å². The Balaban J connectivity index is 2.34. The normalized spacial score (nSPS) is 27.2. The molecular weight excluding hydrogens is 428 g/mol. The highest BCUT2D eigenvalue weighted by molar-refractivity contribution is 7.99. The van der Waals surface area contributed by atoms with E-state index in [1.807, 2.05) is 13.0 Å². The highest BCUT2D eigenvalue weighted by atomic mass is 32.2. The molecule has 0 radical (unpaired) electrons. The number of carbonyl (C=O) groups is 1. The van der Waals surface area contributed by atoms with Crippen LogP contribution in [0.3, 0.4) is 0 Å². The Morgan fingerprint density at radius 1 is 1.06 bits per heavy atom. The van der Waals surface area contributed by atoms with Gasteiger partial charge in [-0.05, 0) is 41.4 Å². The summed E-state index contributed by atoms with van der Waals surface area (Å²) < 4.78 is 19.0. The molecule has 5 atom stereocenters. The molecule has 1 aliphatic heterocycles. The number of rotatable bonds is 9. The van der Waals surface area contributed by atoms with Gasteiger partial charge >= 0.3 is 5.97 Å². The van der Waals surface area contributed by atoms with Crippen molar-refractivity contribution in [1.29, 1.82) is 0 Å². The van der Waals surface area contributed by atoms with Gasteiger partial charge in [-0.3, -0.25) is 0 Å². The van der Waals surface area contributed by atoms with E-state index in [2.05, 4.69) is 48.5 Å². The van der Waals surface area contributed by atoms with Gasteiger partial charge in [0.15, 0.2) is 6.10 Å². The van der Waals surface area contributed by atoms with Gasteiger partial charge in [-0.25, -0.2) is 4.79 Å². The molecule has 0 saturated carbocycles. The van der Waals surface area contributed by atoms with Crippen molar-refractivity contribution in [3.63, 3.8) is 0 Å². The molecule has 1 fully saturated rings. The molecule has 1 aromatic carbocycles. The second-order valence-corrected chi connectivity index (χ2v) is 16.1. The summed E-state index contributed by atoms with van der Waals surface area (Å²) in [7, 11) is -2.28. The summed E-state index contributed by atoms with van der Waals surface area (Å²) in [6, 6.07) is 8.85. The number of hydrogen-bond acceptors (Lipinski definition) is 6. The molecule has 1 saturated heterocycles. The van der Waals surface area contributed by atoms with Crippen LogP contribution in [0.1, 0.15) is 65.7 Å². The van der Waals surface area contributed by atoms with Crippen LogP contribution >= 0.6 is 11.8 Å². The van der Waals surface area contributed by atoms with Crippen LogP contribution in [0.15, 0.2) is 30.3 Å². The molecule has 1 N–H and O–H groups in total. The Morgan fingerprint density at radius 2 is 1.61 bits per heavy atom. The largest absolute Gasteiger partial charge is 0.453 e. The first-order valence-corrected chi connectivity index (χ1v) is 14.6. The van der Waals surface area contributed by atoms with Crippen LogP contribution in [0, 0.1) is 0 Å². The van der Waals surface area contributed by atoms with E-state index < -0.39 is 38.7 Å². The Labute approximate surface area is 193 Å². The molecule has 176 valence electrons. The van der Waals surface area contributed by atoms with E-state index in [0.29, 0.717) is 22.2 Å². The van der Waals surface area contributed by atoms with Gasteiger partial charge in [0.2, 0.25) is 8.32 Å². The predicted octanol–water partition coefficient (Wildman–Crippen LogP) is 5.63. The van der Waals surface area contributed by atoms with E-state index in [1.165, 1.54) is 0 Å². The number of carbonyl (C=O) groups excluding carboxylic acids is 1. The lowest BCUT2D eigenvalue weighted by molar-refractivity contribution is -0.189. The van der Waals surface area contributed by atoms with Gasteiger partial charge in [-0.2, -0.15) is 0 Å². The molecule has 2 rings (SSSR count). The number of ether oxygens (including phenoxy) is 2. The summed E-state index contributed by atoms with van der Waals surface area (Å²) in [5.74, 6) is 0.387. The number of benzene rings is 1. The maximum absolute atomic E-state index is 12.7. The average Bonchev–Trinajstić information content (AvgIpc) is 2.70. The van der Waals surface area contributed by atoms with Crippen molar-refractivity contribution in [2.24, 2.45) is 0 Å². The van der Waals surface area contributed by atoms with Crippen LogP contribution in [0.4, 0.5) is 0 Å². The topological polar surface area (TPSA) is 65.0 Å². The summed E-state index contributed by atoms with van der Waals surface area (Å²) in [5, 5.41) is 11.4. The van der Waals surface area contributed by atoms with Crippen LogP contribution in [0.25, 0.3) is 0 Å². The first kappa shape index (κ1) is 26.4. The Morgan fingerprint density at radius 3 is 2.10 bits per heavy atom. The molecule has 5 nitrogen and oxygen atoms in total. The van der Waals surface area contributed by atoms with Gasteiger partial charge in [-0.15, -0.1) is 11.8 Å². The van der Waals surface area contributed by atoms with Gasteiger partial charge in [-0.1, -0.05) is 66.7 Å². The molecule has 7 heteroatoms. The second kappa shape index (κ2) is 11.3. The standard InChI is InChI=1S/C24H40O5SSi/c1-9-30-24-22(29-31(15(2)3,16(4)5)17(6)7)20(25)21(18(8)27-24)28-23(26)19-13-11-10-12-14-19/h10-18,20-22,24-25H,9H2,1-8H3/t18-,20+,21+,22-,24+/m0/s1.